The van der Waals surface area contributed by atoms with Gasteiger partial charge in [-0.2, -0.15) is 0 Å². The Hall–Kier alpha value is -0.230. The highest BCUT2D eigenvalue weighted by Gasteiger charge is 1.66. The minimum absolute atomic E-state index is 0.623. The molecule has 0 spiro atoms. The number of allylic oxidation sites excluding steroid dienone is 4. The van der Waals surface area contributed by atoms with Crippen LogP contribution in [0.2, 0.25) is 0 Å². The van der Waals surface area contributed by atoms with E-state index in [2.05, 4.69) is 6.08 Å². The maximum atomic E-state index is 5.37. The Morgan fingerprint density at radius 3 is 2.50 bits per heavy atom. The number of alkyl halides is 1. The van der Waals surface area contributed by atoms with E-state index < -0.39 is 0 Å². The molecule has 0 radical (unpaired) electrons. The Morgan fingerprint density at radius 2 is 2.00 bits per heavy atom. The predicted molar refractivity (Wildman–Crippen MR) is 39.3 cm³/mol. The zero-order valence-corrected chi connectivity index (χ0v) is 5.86. The fourth-order valence-corrected chi connectivity index (χ4v) is 0.500. The fourth-order valence-electron chi connectivity index (χ4n) is 0.374. The van der Waals surface area contributed by atoms with E-state index in [4.69, 9.17) is 11.6 Å². The summed E-state index contributed by atoms with van der Waals surface area (Å²) in [7, 11) is 0. The van der Waals surface area contributed by atoms with Crippen molar-refractivity contribution in [2.75, 3.05) is 5.88 Å². The van der Waals surface area contributed by atoms with Crippen molar-refractivity contribution in [3.05, 3.63) is 24.3 Å². The molecule has 8 heavy (non-hydrogen) atoms. The summed E-state index contributed by atoms with van der Waals surface area (Å²) >= 11 is 5.37. The monoisotopic (exact) mass is 130 g/mol. The average molecular weight is 131 g/mol. The van der Waals surface area contributed by atoms with Gasteiger partial charge in [0, 0.05) is 5.88 Å². The van der Waals surface area contributed by atoms with E-state index in [1.165, 1.54) is 0 Å². The van der Waals surface area contributed by atoms with E-state index in [1.54, 1.807) is 0 Å². The normalized spacial score (nSPS) is 11.8. The van der Waals surface area contributed by atoms with Crippen molar-refractivity contribution in [1.82, 2.24) is 0 Å². The summed E-state index contributed by atoms with van der Waals surface area (Å²) in [5, 5.41) is 0. The van der Waals surface area contributed by atoms with Crippen molar-refractivity contribution in [3.63, 3.8) is 0 Å². The second kappa shape index (κ2) is 6.77. The zero-order valence-electron chi connectivity index (χ0n) is 5.10. The first-order chi connectivity index (χ1) is 3.91. The molecular weight excluding hydrogens is 120 g/mol. The molecule has 0 saturated heterocycles. The van der Waals surface area contributed by atoms with Gasteiger partial charge in [0.15, 0.2) is 0 Å². The lowest BCUT2D eigenvalue weighted by Crippen LogP contribution is -1.59. The number of halogens is 1. The van der Waals surface area contributed by atoms with Gasteiger partial charge in [0.1, 0.15) is 0 Å². The fraction of sp³-hybridized carbons (Fsp3) is 0.429. The molecule has 0 atom stereocenters. The van der Waals surface area contributed by atoms with Crippen LogP contribution in [0.15, 0.2) is 24.3 Å². The molecule has 0 aromatic rings. The molecule has 1 heteroatoms. The maximum absolute atomic E-state index is 5.37. The number of hydrogen-bond acceptors (Lipinski definition) is 0. The minimum Gasteiger partial charge on any atom is -0.122 e. The molecule has 0 bridgehead atoms. The molecule has 0 N–H and O–H groups in total. The van der Waals surface area contributed by atoms with Gasteiger partial charge in [-0.15, -0.1) is 11.6 Å². The van der Waals surface area contributed by atoms with Gasteiger partial charge < -0.3 is 0 Å². The van der Waals surface area contributed by atoms with Gasteiger partial charge in [-0.1, -0.05) is 24.3 Å². The molecule has 0 heterocycles. The highest BCUT2D eigenvalue weighted by atomic mass is 35.5. The van der Waals surface area contributed by atoms with Crippen LogP contribution in [-0.2, 0) is 0 Å². The maximum Gasteiger partial charge on any atom is 0.0404 e. The van der Waals surface area contributed by atoms with Crippen molar-refractivity contribution in [1.29, 1.82) is 0 Å². The van der Waals surface area contributed by atoms with Crippen molar-refractivity contribution in [3.8, 4) is 0 Å². The third-order valence-electron chi connectivity index (χ3n) is 0.764. The summed E-state index contributed by atoms with van der Waals surface area (Å²) in [5.41, 5.74) is 0. The molecule has 0 aliphatic rings. The molecule has 0 aliphatic carbocycles. The van der Waals surface area contributed by atoms with Crippen LogP contribution >= 0.6 is 11.6 Å². The smallest absolute Gasteiger partial charge is 0.0404 e. The molecule has 0 fully saturated rings. The Labute approximate surface area is 55.9 Å². The standard InChI is InChI=1S/C7H11Cl/c1-2-3-4-5-6-7-8/h2-3,5-6H,4,7H2,1H3/b3-2-,6-5-. The summed E-state index contributed by atoms with van der Waals surface area (Å²) in [5.74, 6) is 0.623. The Morgan fingerprint density at radius 1 is 1.25 bits per heavy atom. The zero-order chi connectivity index (χ0) is 6.24. The van der Waals surface area contributed by atoms with Crippen LogP contribution in [0, 0.1) is 0 Å². The molecule has 0 rings (SSSR count). The molecule has 0 nitrogen and oxygen atoms in total. The van der Waals surface area contributed by atoms with E-state index in [0.717, 1.165) is 6.42 Å². The van der Waals surface area contributed by atoms with Crippen molar-refractivity contribution >= 4 is 11.6 Å². The second-order valence-corrected chi connectivity index (χ2v) is 1.74. The van der Waals surface area contributed by atoms with Crippen LogP contribution in [0.1, 0.15) is 13.3 Å². The lowest BCUT2D eigenvalue weighted by atomic mass is 10.3. The summed E-state index contributed by atoms with van der Waals surface area (Å²) in [4.78, 5) is 0. The molecule has 0 aromatic carbocycles. The molecule has 0 aliphatic heterocycles. The van der Waals surface area contributed by atoms with Gasteiger partial charge in [0.2, 0.25) is 0 Å². The second-order valence-electron chi connectivity index (χ2n) is 1.43. The first-order valence-corrected chi connectivity index (χ1v) is 3.27. The molecule has 0 aromatic heterocycles. The van der Waals surface area contributed by atoms with Gasteiger partial charge in [-0.3, -0.25) is 0 Å². The summed E-state index contributed by atoms with van der Waals surface area (Å²) in [6.45, 7) is 2.01. The first-order valence-electron chi connectivity index (χ1n) is 2.74. The minimum atomic E-state index is 0.623. The molecule has 0 amide bonds. The quantitative estimate of drug-likeness (QED) is 0.407. The average Bonchev–Trinajstić information content (AvgIpc) is 1.81. The van der Waals surface area contributed by atoms with E-state index in [9.17, 15) is 0 Å². The Kier molecular flexibility index (Phi) is 6.58. The lowest BCUT2D eigenvalue weighted by Gasteiger charge is -1.76. The number of hydrogen-bond donors (Lipinski definition) is 0. The van der Waals surface area contributed by atoms with Gasteiger partial charge in [0.05, 0.1) is 0 Å². The molecule has 46 valence electrons. The van der Waals surface area contributed by atoms with Crippen LogP contribution in [-0.4, -0.2) is 5.88 Å². The first kappa shape index (κ1) is 7.77. The Balaban J connectivity index is 3.03. The van der Waals surface area contributed by atoms with E-state index in [0.29, 0.717) is 5.88 Å². The van der Waals surface area contributed by atoms with Crippen LogP contribution in [0.25, 0.3) is 0 Å². The highest BCUT2D eigenvalue weighted by Crippen LogP contribution is 1.85. The lowest BCUT2D eigenvalue weighted by molar-refractivity contribution is 1.37. The summed E-state index contributed by atoms with van der Waals surface area (Å²) in [6.07, 6.45) is 9.11. The van der Waals surface area contributed by atoms with Gasteiger partial charge in [0.25, 0.3) is 0 Å². The SMILES string of the molecule is C/C=C\C/C=C\CCl. The molecule has 0 unspecified atom stereocenters. The number of rotatable bonds is 3. The van der Waals surface area contributed by atoms with Gasteiger partial charge in [-0.05, 0) is 13.3 Å². The van der Waals surface area contributed by atoms with E-state index >= 15 is 0 Å². The van der Waals surface area contributed by atoms with Crippen molar-refractivity contribution < 1.29 is 0 Å². The molecule has 0 saturated carbocycles. The van der Waals surface area contributed by atoms with Crippen molar-refractivity contribution in [2.45, 2.75) is 13.3 Å². The molecular formula is C7H11Cl. The van der Waals surface area contributed by atoms with E-state index in [-0.39, 0.29) is 0 Å². The third kappa shape index (κ3) is 5.77. The predicted octanol–water partition coefficient (Wildman–Crippen LogP) is 2.75. The third-order valence-corrected chi connectivity index (χ3v) is 0.942. The van der Waals surface area contributed by atoms with Gasteiger partial charge in [-0.25, -0.2) is 0 Å². The largest absolute Gasteiger partial charge is 0.122 e. The van der Waals surface area contributed by atoms with Crippen LogP contribution < -0.4 is 0 Å². The topological polar surface area (TPSA) is 0 Å². The highest BCUT2D eigenvalue weighted by molar-refractivity contribution is 6.18. The van der Waals surface area contributed by atoms with Crippen LogP contribution in [0.3, 0.4) is 0 Å². The van der Waals surface area contributed by atoms with Crippen LogP contribution in [0.5, 0.6) is 0 Å². The summed E-state index contributed by atoms with van der Waals surface area (Å²) < 4.78 is 0. The Bertz CT molecular complexity index is 82.4. The van der Waals surface area contributed by atoms with Crippen LogP contribution in [0.4, 0.5) is 0 Å². The van der Waals surface area contributed by atoms with Gasteiger partial charge >= 0.3 is 0 Å². The van der Waals surface area contributed by atoms with E-state index in [1.807, 2.05) is 25.2 Å². The van der Waals surface area contributed by atoms with Crippen molar-refractivity contribution in [2.24, 2.45) is 0 Å². The summed E-state index contributed by atoms with van der Waals surface area (Å²) in [6, 6.07) is 0.